The van der Waals surface area contributed by atoms with Gasteiger partial charge in [-0.3, -0.25) is 0 Å². The van der Waals surface area contributed by atoms with Gasteiger partial charge in [-0.2, -0.15) is 0 Å². The molecule has 3 rings (SSSR count). The van der Waals surface area contributed by atoms with Gasteiger partial charge in [0.2, 0.25) is 0 Å². The van der Waals surface area contributed by atoms with Crippen LogP contribution >= 0.6 is 0 Å². The molecule has 92 valence electrons. The topological polar surface area (TPSA) is 59.2 Å². The van der Waals surface area contributed by atoms with Gasteiger partial charge in [0.25, 0.3) is 0 Å². The van der Waals surface area contributed by atoms with E-state index in [-0.39, 0.29) is 0 Å². The number of rotatable bonds is 2. The van der Waals surface area contributed by atoms with Gasteiger partial charge in [0.05, 0.1) is 11.5 Å². The van der Waals surface area contributed by atoms with Crippen LogP contribution in [0.15, 0.2) is 40.3 Å². The lowest BCUT2D eigenvalue weighted by Crippen LogP contribution is -2.05. The van der Waals surface area contributed by atoms with E-state index in [0.29, 0.717) is 17.3 Å². The predicted octanol–water partition coefficient (Wildman–Crippen LogP) is 2.34. The number of nitrogens with one attached hydrogen (secondary N) is 1. The Balaban J connectivity index is 2.10. The number of carbonyl (C=O) groups excluding carboxylic acids is 1. The van der Waals surface area contributed by atoms with Gasteiger partial charge in [-0.15, -0.1) is 0 Å². The maximum atomic E-state index is 12.2. The molecular weight excluding hydrogens is 250 g/mol. The van der Waals surface area contributed by atoms with Gasteiger partial charge in [-0.25, -0.2) is 9.00 Å². The fourth-order valence-corrected chi connectivity index (χ4v) is 3.43. The molecule has 2 heterocycles. The van der Waals surface area contributed by atoms with E-state index >= 15 is 0 Å². The lowest BCUT2D eigenvalue weighted by molar-refractivity contribution is 0.0520. The van der Waals surface area contributed by atoms with Crippen LogP contribution in [0, 0.1) is 0 Å². The van der Waals surface area contributed by atoms with E-state index in [1.54, 1.807) is 13.0 Å². The Hall–Kier alpha value is -1.88. The van der Waals surface area contributed by atoms with Crippen LogP contribution in [0.4, 0.5) is 0 Å². The van der Waals surface area contributed by atoms with E-state index in [1.165, 1.54) is 0 Å². The number of ether oxygens (including phenoxy) is 1. The zero-order valence-corrected chi connectivity index (χ0v) is 10.5. The second-order valence-corrected chi connectivity index (χ2v) is 5.30. The highest BCUT2D eigenvalue weighted by atomic mass is 32.2. The zero-order valence-electron chi connectivity index (χ0n) is 9.73. The summed E-state index contributed by atoms with van der Waals surface area (Å²) in [6.45, 7) is 2.07. The van der Waals surface area contributed by atoms with Crippen LogP contribution in [-0.2, 0) is 15.5 Å². The molecule has 2 aromatic rings. The van der Waals surface area contributed by atoms with Crippen LogP contribution in [0.1, 0.15) is 17.4 Å². The molecule has 0 bridgehead atoms. The third kappa shape index (κ3) is 1.51. The van der Waals surface area contributed by atoms with Gasteiger partial charge in [-0.1, -0.05) is 18.2 Å². The molecule has 0 aliphatic carbocycles. The molecule has 4 nitrogen and oxygen atoms in total. The minimum Gasteiger partial charge on any atom is -0.461 e. The summed E-state index contributed by atoms with van der Waals surface area (Å²) in [6, 6.07) is 9.19. The first-order valence-corrected chi connectivity index (χ1v) is 6.78. The standard InChI is InChI=1S/C13H11NO3S/c1-2-17-13(15)10-7-9-8-5-3-4-6-11(8)18(16)12(9)14-10/h3-7,14H,2H2,1H3. The van der Waals surface area contributed by atoms with Gasteiger partial charge >= 0.3 is 5.97 Å². The van der Waals surface area contributed by atoms with E-state index in [2.05, 4.69) is 4.98 Å². The summed E-state index contributed by atoms with van der Waals surface area (Å²) in [5.41, 5.74) is 2.09. The molecule has 0 fully saturated rings. The zero-order chi connectivity index (χ0) is 12.7. The molecule has 1 aromatic heterocycles. The Morgan fingerprint density at radius 2 is 2.11 bits per heavy atom. The van der Waals surface area contributed by atoms with E-state index < -0.39 is 16.8 Å². The molecule has 1 aliphatic rings. The van der Waals surface area contributed by atoms with Gasteiger partial charge < -0.3 is 9.72 Å². The van der Waals surface area contributed by atoms with Crippen LogP contribution in [0.2, 0.25) is 0 Å². The lowest BCUT2D eigenvalue weighted by atomic mass is 10.1. The molecule has 0 spiro atoms. The monoisotopic (exact) mass is 261 g/mol. The third-order valence-corrected chi connectivity index (χ3v) is 4.29. The van der Waals surface area contributed by atoms with Gasteiger partial charge in [-0.05, 0) is 19.1 Å². The quantitative estimate of drug-likeness (QED) is 0.720. The van der Waals surface area contributed by atoms with Gasteiger partial charge in [0.15, 0.2) is 0 Å². The second kappa shape index (κ2) is 4.10. The second-order valence-electron chi connectivity index (χ2n) is 3.91. The summed E-state index contributed by atoms with van der Waals surface area (Å²) >= 11 is 0. The Bertz CT molecular complexity index is 660. The molecule has 5 heteroatoms. The van der Waals surface area contributed by atoms with Crippen molar-refractivity contribution in [3.8, 4) is 11.1 Å². The van der Waals surface area contributed by atoms with Crippen molar-refractivity contribution in [3.63, 3.8) is 0 Å². The Kier molecular flexibility index (Phi) is 2.56. The van der Waals surface area contributed by atoms with Crippen molar-refractivity contribution in [1.29, 1.82) is 0 Å². The highest BCUT2D eigenvalue weighted by Gasteiger charge is 2.29. The Morgan fingerprint density at radius 3 is 2.89 bits per heavy atom. The Morgan fingerprint density at radius 1 is 1.33 bits per heavy atom. The van der Waals surface area contributed by atoms with Crippen molar-refractivity contribution >= 4 is 16.8 Å². The first kappa shape index (κ1) is 11.2. The van der Waals surface area contributed by atoms with Gasteiger partial charge in [0, 0.05) is 11.1 Å². The molecular formula is C13H11NO3S. The molecule has 1 atom stereocenters. The van der Waals surface area contributed by atoms with Crippen LogP contribution in [0.25, 0.3) is 11.1 Å². The first-order chi connectivity index (χ1) is 8.72. The van der Waals surface area contributed by atoms with Crippen molar-refractivity contribution in [2.45, 2.75) is 16.8 Å². The number of fused-ring (bicyclic) bond motifs is 3. The summed E-state index contributed by atoms with van der Waals surface area (Å²) in [4.78, 5) is 15.3. The molecule has 1 aliphatic heterocycles. The summed E-state index contributed by atoms with van der Waals surface area (Å²) < 4.78 is 17.1. The van der Waals surface area contributed by atoms with E-state index in [1.807, 2.05) is 24.3 Å². The number of carbonyl (C=O) groups is 1. The summed E-state index contributed by atoms with van der Waals surface area (Å²) in [5, 5.41) is 0.583. The maximum Gasteiger partial charge on any atom is 0.354 e. The number of aromatic amines is 1. The number of esters is 1. The number of H-pyrrole nitrogens is 1. The molecule has 1 unspecified atom stereocenters. The fraction of sp³-hybridized carbons (Fsp3) is 0.154. The molecule has 0 amide bonds. The van der Waals surface area contributed by atoms with Crippen molar-refractivity contribution in [2.75, 3.05) is 6.61 Å². The lowest BCUT2D eigenvalue weighted by Gasteiger charge is -1.99. The largest absolute Gasteiger partial charge is 0.461 e. The molecule has 0 saturated carbocycles. The van der Waals surface area contributed by atoms with E-state index in [0.717, 1.165) is 16.0 Å². The Labute approximate surface area is 106 Å². The third-order valence-electron chi connectivity index (χ3n) is 2.84. The summed E-state index contributed by atoms with van der Waals surface area (Å²) in [6.07, 6.45) is 0. The number of benzene rings is 1. The number of hydrogen-bond donors (Lipinski definition) is 1. The molecule has 1 aromatic carbocycles. The maximum absolute atomic E-state index is 12.2. The van der Waals surface area contributed by atoms with Gasteiger partial charge in [0.1, 0.15) is 21.5 Å². The minimum atomic E-state index is -1.24. The van der Waals surface area contributed by atoms with Crippen LogP contribution in [0.3, 0.4) is 0 Å². The number of hydrogen-bond acceptors (Lipinski definition) is 3. The van der Waals surface area contributed by atoms with Crippen LogP contribution < -0.4 is 0 Å². The molecule has 18 heavy (non-hydrogen) atoms. The van der Waals surface area contributed by atoms with Crippen LogP contribution in [0.5, 0.6) is 0 Å². The average Bonchev–Trinajstić information content (AvgIpc) is 2.91. The SMILES string of the molecule is CCOC(=O)c1cc2c([nH]1)S(=O)c1ccccc1-2. The van der Waals surface area contributed by atoms with Crippen molar-refractivity contribution in [2.24, 2.45) is 0 Å². The smallest absolute Gasteiger partial charge is 0.354 e. The first-order valence-electron chi connectivity index (χ1n) is 5.63. The predicted molar refractivity (Wildman–Crippen MR) is 66.9 cm³/mol. The van der Waals surface area contributed by atoms with Crippen LogP contribution in [-0.4, -0.2) is 21.8 Å². The van der Waals surface area contributed by atoms with Crippen molar-refractivity contribution in [3.05, 3.63) is 36.0 Å². The van der Waals surface area contributed by atoms with E-state index in [9.17, 15) is 9.00 Å². The molecule has 0 radical (unpaired) electrons. The van der Waals surface area contributed by atoms with Crippen molar-refractivity contribution in [1.82, 2.24) is 4.98 Å². The average molecular weight is 261 g/mol. The highest BCUT2D eigenvalue weighted by molar-refractivity contribution is 7.85. The number of aromatic nitrogens is 1. The van der Waals surface area contributed by atoms with E-state index in [4.69, 9.17) is 4.74 Å². The summed E-state index contributed by atoms with van der Waals surface area (Å²) in [5.74, 6) is -0.415. The van der Waals surface area contributed by atoms with Crippen molar-refractivity contribution < 1.29 is 13.7 Å². The fourth-order valence-electron chi connectivity index (χ4n) is 2.06. The highest BCUT2D eigenvalue weighted by Crippen LogP contribution is 2.40. The molecule has 0 saturated heterocycles. The molecule has 1 N–H and O–H groups in total. The summed E-state index contributed by atoms with van der Waals surface area (Å²) in [7, 11) is -1.24. The minimum absolute atomic E-state index is 0.322. The normalized spacial score (nSPS) is 16.2.